The Morgan fingerprint density at radius 3 is 2.16 bits per heavy atom. The predicted octanol–water partition coefficient (Wildman–Crippen LogP) is 2.21. The van der Waals surface area contributed by atoms with E-state index >= 15 is 0 Å². The van der Waals surface area contributed by atoms with Gasteiger partial charge in [-0.15, -0.1) is 0 Å². The molecule has 0 spiro atoms. The minimum absolute atomic E-state index is 0.00278. The van der Waals surface area contributed by atoms with E-state index in [1.165, 1.54) is 23.1 Å². The molecule has 282 valence electrons. The van der Waals surface area contributed by atoms with Crippen LogP contribution in [0.4, 0.5) is 0 Å². The Labute approximate surface area is 301 Å². The molecule has 0 aromatic heterocycles. The number of unbranched alkanes of at least 4 members (excludes halogenated alkanes) is 6. The van der Waals surface area contributed by atoms with E-state index in [2.05, 4.69) is 33.5 Å². The summed E-state index contributed by atoms with van der Waals surface area (Å²) in [7, 11) is 0. The van der Waals surface area contributed by atoms with Crippen LogP contribution in [-0.2, 0) is 33.6 Å². The number of nitrogens with one attached hydrogen (secondary N) is 5. The standard InChI is InChI=1S/C36H60N6O7S/c1-7-8-9-10-11-12-13-16-27(43)29-28-19-37-31(44)25(20-50-28)40-35(48)30(22(4)5)41-33(46)26-15-14-17-42(26)36(49)23(6)38-32(45)24(18-21(2)3)39-34(29)47/h21-26,28-30H,7-20H2,1-6H3,(H,37,44)(H,38,45)(H,39,47)(H,40,48)(H,41,46)/t23-,24+,25-,26+,28-,29-,30+/m1/s1. The van der Waals surface area contributed by atoms with Crippen LogP contribution in [0.1, 0.15) is 112 Å². The van der Waals surface area contributed by atoms with Crippen molar-refractivity contribution in [3.05, 3.63) is 0 Å². The first kappa shape index (κ1) is 41.3. The Morgan fingerprint density at radius 1 is 0.820 bits per heavy atom. The second kappa shape index (κ2) is 20.0. The lowest BCUT2D eigenvalue weighted by atomic mass is 9.93. The summed E-state index contributed by atoms with van der Waals surface area (Å²) in [5.41, 5.74) is 0. The maximum atomic E-state index is 14.1. The number of fused-ring (bicyclic) bond motifs is 4. The highest BCUT2D eigenvalue weighted by Crippen LogP contribution is 2.27. The molecule has 0 radical (unpaired) electrons. The van der Waals surface area contributed by atoms with Crippen LogP contribution in [0.15, 0.2) is 0 Å². The molecule has 0 aromatic rings. The lowest BCUT2D eigenvalue weighted by Crippen LogP contribution is -2.60. The number of hydrogen-bond donors (Lipinski definition) is 5. The topological polar surface area (TPSA) is 183 Å². The first-order chi connectivity index (χ1) is 23.7. The molecule has 14 heteroatoms. The first-order valence-electron chi connectivity index (χ1n) is 18.7. The predicted molar refractivity (Wildman–Crippen MR) is 193 cm³/mol. The minimum Gasteiger partial charge on any atom is -0.353 e. The SMILES string of the molecule is CCCCCCCCCC(=O)[C@H]1C(=O)N[C@@H](CC(C)C)C(=O)N[C@H](C)C(=O)N2CCC[C@H]2C(=O)N[C@@H](C(C)C)C(=O)N[C@@H]2CS[C@@H]1CNC2=O. The van der Waals surface area contributed by atoms with E-state index in [0.29, 0.717) is 25.8 Å². The maximum absolute atomic E-state index is 14.1. The Bertz CT molecular complexity index is 1230. The minimum atomic E-state index is -1.15. The van der Waals surface area contributed by atoms with Gasteiger partial charge in [0, 0.05) is 30.5 Å². The van der Waals surface area contributed by atoms with E-state index in [1.54, 1.807) is 20.8 Å². The average Bonchev–Trinajstić information content (AvgIpc) is 3.48. The molecule has 3 aliphatic rings. The number of nitrogens with zero attached hydrogens (tertiary/aromatic N) is 1. The van der Waals surface area contributed by atoms with Crippen LogP contribution >= 0.6 is 11.8 Å². The molecule has 3 rings (SSSR count). The van der Waals surface area contributed by atoms with Gasteiger partial charge in [-0.3, -0.25) is 33.6 Å². The van der Waals surface area contributed by atoms with Gasteiger partial charge >= 0.3 is 0 Å². The summed E-state index contributed by atoms with van der Waals surface area (Å²) >= 11 is 1.26. The summed E-state index contributed by atoms with van der Waals surface area (Å²) in [4.78, 5) is 97.0. The van der Waals surface area contributed by atoms with Crippen molar-refractivity contribution in [3.63, 3.8) is 0 Å². The Hall–Kier alpha value is -3.16. The molecule has 3 aliphatic heterocycles. The van der Waals surface area contributed by atoms with Crippen molar-refractivity contribution < 1.29 is 33.6 Å². The van der Waals surface area contributed by atoms with Gasteiger partial charge in [0.15, 0.2) is 0 Å². The summed E-state index contributed by atoms with van der Waals surface area (Å²) in [5.74, 6) is -4.70. The lowest BCUT2D eigenvalue weighted by Gasteiger charge is -2.30. The van der Waals surface area contributed by atoms with E-state index < -0.39 is 76.8 Å². The average molecular weight is 721 g/mol. The van der Waals surface area contributed by atoms with Gasteiger partial charge in [0.2, 0.25) is 35.4 Å². The van der Waals surface area contributed by atoms with Gasteiger partial charge in [-0.25, -0.2) is 0 Å². The summed E-state index contributed by atoms with van der Waals surface area (Å²) in [6.07, 6.45) is 8.50. The molecule has 0 saturated carbocycles. The number of carbonyl (C=O) groups is 7. The van der Waals surface area contributed by atoms with Crippen LogP contribution < -0.4 is 26.6 Å². The molecule has 3 saturated heterocycles. The Balaban J connectivity index is 1.94. The molecule has 7 atom stereocenters. The van der Waals surface area contributed by atoms with Gasteiger partial charge in [-0.05, 0) is 44.4 Å². The molecule has 6 amide bonds. The Kier molecular flexibility index (Phi) is 16.5. The quantitative estimate of drug-likeness (QED) is 0.150. The number of Topliss-reactive ketones (excluding diaryl/α,β-unsaturated/α-hetero) is 1. The molecule has 3 heterocycles. The number of ketones is 1. The van der Waals surface area contributed by atoms with Crippen molar-refractivity contribution in [1.29, 1.82) is 0 Å². The second-order valence-corrected chi connectivity index (χ2v) is 16.1. The highest BCUT2D eigenvalue weighted by atomic mass is 32.2. The summed E-state index contributed by atoms with van der Waals surface area (Å²) < 4.78 is 0. The van der Waals surface area contributed by atoms with Crippen LogP contribution in [-0.4, -0.2) is 100 Å². The van der Waals surface area contributed by atoms with Crippen molar-refractivity contribution >= 4 is 53.0 Å². The zero-order valence-electron chi connectivity index (χ0n) is 30.8. The fraction of sp³-hybridized carbons (Fsp3) is 0.806. The Morgan fingerprint density at radius 2 is 1.50 bits per heavy atom. The monoisotopic (exact) mass is 720 g/mol. The number of carbonyl (C=O) groups excluding carboxylic acids is 7. The van der Waals surface area contributed by atoms with Crippen molar-refractivity contribution in [2.45, 2.75) is 148 Å². The lowest BCUT2D eigenvalue weighted by molar-refractivity contribution is -0.142. The second-order valence-electron chi connectivity index (χ2n) is 14.8. The fourth-order valence-electron chi connectivity index (χ4n) is 6.87. The zero-order valence-corrected chi connectivity index (χ0v) is 31.6. The smallest absolute Gasteiger partial charge is 0.245 e. The molecular weight excluding hydrogens is 660 g/mol. The third kappa shape index (κ3) is 11.7. The molecule has 13 nitrogen and oxygen atoms in total. The van der Waals surface area contributed by atoms with Crippen molar-refractivity contribution in [2.24, 2.45) is 17.8 Å². The number of hydrogen-bond acceptors (Lipinski definition) is 8. The molecule has 3 fully saturated rings. The van der Waals surface area contributed by atoms with E-state index in [0.717, 1.165) is 32.1 Å². The van der Waals surface area contributed by atoms with Gasteiger partial charge in [0.05, 0.1) is 0 Å². The molecule has 0 unspecified atom stereocenters. The van der Waals surface area contributed by atoms with Gasteiger partial charge in [0.1, 0.15) is 41.9 Å². The number of rotatable bonds is 12. The normalized spacial score (nSPS) is 28.9. The van der Waals surface area contributed by atoms with E-state index in [-0.39, 0.29) is 42.8 Å². The fourth-order valence-corrected chi connectivity index (χ4v) is 8.22. The maximum Gasteiger partial charge on any atom is 0.245 e. The summed E-state index contributed by atoms with van der Waals surface area (Å²) in [6, 6.07) is -4.78. The van der Waals surface area contributed by atoms with Gasteiger partial charge in [0.25, 0.3) is 0 Å². The van der Waals surface area contributed by atoms with Crippen LogP contribution in [0.3, 0.4) is 0 Å². The highest BCUT2D eigenvalue weighted by molar-refractivity contribution is 8.00. The summed E-state index contributed by atoms with van der Waals surface area (Å²) in [6.45, 7) is 11.4. The largest absolute Gasteiger partial charge is 0.353 e. The molecule has 0 aromatic carbocycles. The molecular formula is C36H60N6O7S. The van der Waals surface area contributed by atoms with Gasteiger partial charge in [-0.1, -0.05) is 73.1 Å². The molecule has 0 aliphatic carbocycles. The van der Waals surface area contributed by atoms with E-state index in [9.17, 15) is 33.6 Å². The molecule has 5 N–H and O–H groups in total. The van der Waals surface area contributed by atoms with Crippen LogP contribution in [0.2, 0.25) is 0 Å². The molecule has 50 heavy (non-hydrogen) atoms. The van der Waals surface area contributed by atoms with Crippen LogP contribution in [0, 0.1) is 17.8 Å². The van der Waals surface area contributed by atoms with E-state index in [1.807, 2.05) is 13.8 Å². The number of thioether (sulfide) groups is 1. The first-order valence-corrected chi connectivity index (χ1v) is 19.7. The highest BCUT2D eigenvalue weighted by Gasteiger charge is 2.42. The summed E-state index contributed by atoms with van der Waals surface area (Å²) in [5, 5.41) is 13.4. The molecule has 2 bridgehead atoms. The number of amides is 6. The van der Waals surface area contributed by atoms with Gasteiger partial charge in [-0.2, -0.15) is 11.8 Å². The van der Waals surface area contributed by atoms with Crippen molar-refractivity contribution in [1.82, 2.24) is 31.5 Å². The zero-order chi connectivity index (χ0) is 37.0. The van der Waals surface area contributed by atoms with Gasteiger partial charge < -0.3 is 31.5 Å². The van der Waals surface area contributed by atoms with Crippen LogP contribution in [0.5, 0.6) is 0 Å². The third-order valence-electron chi connectivity index (χ3n) is 9.77. The van der Waals surface area contributed by atoms with E-state index in [4.69, 9.17) is 0 Å². The third-order valence-corrected chi connectivity index (χ3v) is 11.2. The van der Waals surface area contributed by atoms with Crippen molar-refractivity contribution in [3.8, 4) is 0 Å². The van der Waals surface area contributed by atoms with Crippen LogP contribution in [0.25, 0.3) is 0 Å². The van der Waals surface area contributed by atoms with Crippen molar-refractivity contribution in [2.75, 3.05) is 18.8 Å².